The van der Waals surface area contributed by atoms with Gasteiger partial charge < -0.3 is 19.9 Å². The van der Waals surface area contributed by atoms with Crippen LogP contribution in [0.4, 0.5) is 0 Å². The number of carbonyl (C=O) groups excluding carboxylic acids is 1. The summed E-state index contributed by atoms with van der Waals surface area (Å²) in [5.74, 6) is 1.43. The van der Waals surface area contributed by atoms with Crippen LogP contribution in [0.15, 0.2) is 36.5 Å². The van der Waals surface area contributed by atoms with E-state index in [2.05, 4.69) is 18.1 Å². The van der Waals surface area contributed by atoms with Crippen molar-refractivity contribution in [1.29, 1.82) is 0 Å². The minimum Gasteiger partial charge on any atom is -0.494 e. The van der Waals surface area contributed by atoms with Gasteiger partial charge in [-0.1, -0.05) is 6.92 Å². The zero-order chi connectivity index (χ0) is 22.4. The number of rotatable bonds is 4. The number of methoxy groups -OCH3 is 1. The summed E-state index contributed by atoms with van der Waals surface area (Å²) in [7, 11) is 3.61. The molecule has 2 N–H and O–H groups in total. The van der Waals surface area contributed by atoms with E-state index in [1.165, 1.54) is 0 Å². The molecule has 0 bridgehead atoms. The van der Waals surface area contributed by atoms with Crippen molar-refractivity contribution in [2.24, 2.45) is 12.8 Å². The molecule has 1 aliphatic heterocycles. The van der Waals surface area contributed by atoms with Crippen molar-refractivity contribution in [2.45, 2.75) is 32.2 Å². The molecule has 0 radical (unpaired) electrons. The predicted octanol–water partition coefficient (Wildman–Crippen LogP) is 3.02. The molecule has 1 unspecified atom stereocenters. The fraction of sp³-hybridized carbons (Fsp3) is 0.375. The minimum absolute atomic E-state index is 0.0272. The van der Waals surface area contributed by atoms with Crippen LogP contribution in [0.3, 0.4) is 0 Å². The summed E-state index contributed by atoms with van der Waals surface area (Å²) in [6, 6.07) is 9.80. The lowest BCUT2D eigenvalue weighted by molar-refractivity contribution is 0.0708. The van der Waals surface area contributed by atoms with E-state index < -0.39 is 0 Å². The SMILES string of the molecule is CCc1c(-c2nc3cc(C(=O)N4CCCC(N)C4)cc(OC)c3n2C)cc2cccnn12. The number of nitrogens with two attached hydrogens (primary N) is 1. The summed E-state index contributed by atoms with van der Waals surface area (Å²) in [6.07, 6.45) is 4.49. The predicted molar refractivity (Wildman–Crippen MR) is 124 cm³/mol. The molecule has 1 amide bonds. The molecule has 0 aliphatic carbocycles. The van der Waals surface area contributed by atoms with E-state index in [0.717, 1.165) is 59.4 Å². The Kier molecular flexibility index (Phi) is 5.09. The van der Waals surface area contributed by atoms with Crippen molar-refractivity contribution in [3.05, 3.63) is 47.8 Å². The number of piperidine rings is 1. The number of amides is 1. The molecule has 1 aromatic carbocycles. The first-order valence-electron chi connectivity index (χ1n) is 11.1. The Labute approximate surface area is 186 Å². The van der Waals surface area contributed by atoms with E-state index in [9.17, 15) is 4.79 Å². The third-order valence-electron chi connectivity index (χ3n) is 6.36. The number of likely N-dealkylation sites (tertiary alicyclic amines) is 1. The van der Waals surface area contributed by atoms with Gasteiger partial charge in [-0.25, -0.2) is 9.50 Å². The Bertz CT molecular complexity index is 1320. The van der Waals surface area contributed by atoms with Crippen LogP contribution in [0.25, 0.3) is 27.9 Å². The molecule has 0 spiro atoms. The van der Waals surface area contributed by atoms with Gasteiger partial charge in [0.15, 0.2) is 0 Å². The fourth-order valence-electron chi connectivity index (χ4n) is 4.81. The van der Waals surface area contributed by atoms with Gasteiger partial charge in [0.25, 0.3) is 5.91 Å². The highest BCUT2D eigenvalue weighted by molar-refractivity contribution is 6.00. The molecule has 4 aromatic rings. The summed E-state index contributed by atoms with van der Waals surface area (Å²) < 4.78 is 9.69. The summed E-state index contributed by atoms with van der Waals surface area (Å²) in [6.45, 7) is 3.42. The number of aryl methyl sites for hydroxylation is 2. The van der Waals surface area contributed by atoms with Crippen molar-refractivity contribution in [3.8, 4) is 17.1 Å². The average molecular weight is 433 g/mol. The van der Waals surface area contributed by atoms with E-state index in [4.69, 9.17) is 15.5 Å². The third-order valence-corrected chi connectivity index (χ3v) is 6.36. The van der Waals surface area contributed by atoms with Gasteiger partial charge in [0.2, 0.25) is 0 Å². The van der Waals surface area contributed by atoms with E-state index in [0.29, 0.717) is 17.9 Å². The molecule has 4 heterocycles. The molecule has 8 heteroatoms. The molecule has 32 heavy (non-hydrogen) atoms. The van der Waals surface area contributed by atoms with E-state index in [1.807, 2.05) is 45.3 Å². The lowest BCUT2D eigenvalue weighted by atomic mass is 10.0. The van der Waals surface area contributed by atoms with Gasteiger partial charge in [-0.3, -0.25) is 4.79 Å². The van der Waals surface area contributed by atoms with Crippen molar-refractivity contribution >= 4 is 22.5 Å². The third kappa shape index (κ3) is 3.22. The number of ether oxygens (including phenoxy) is 1. The number of fused-ring (bicyclic) bond motifs is 2. The van der Waals surface area contributed by atoms with E-state index >= 15 is 0 Å². The summed E-state index contributed by atoms with van der Waals surface area (Å²) >= 11 is 0. The van der Waals surface area contributed by atoms with E-state index in [1.54, 1.807) is 13.3 Å². The summed E-state index contributed by atoms with van der Waals surface area (Å²) in [4.78, 5) is 20.0. The Hall–Kier alpha value is -3.39. The van der Waals surface area contributed by atoms with Crippen LogP contribution in [0.2, 0.25) is 0 Å². The summed E-state index contributed by atoms with van der Waals surface area (Å²) in [5.41, 5.74) is 11.4. The van der Waals surface area contributed by atoms with Crippen molar-refractivity contribution in [2.75, 3.05) is 20.2 Å². The second-order valence-electron chi connectivity index (χ2n) is 8.41. The van der Waals surface area contributed by atoms with Gasteiger partial charge in [-0.15, -0.1) is 0 Å². The number of hydrogen-bond donors (Lipinski definition) is 1. The molecule has 8 nitrogen and oxygen atoms in total. The topological polar surface area (TPSA) is 90.7 Å². The maximum absolute atomic E-state index is 13.2. The van der Waals surface area contributed by atoms with Crippen LogP contribution in [0.5, 0.6) is 5.75 Å². The zero-order valence-electron chi connectivity index (χ0n) is 18.7. The smallest absolute Gasteiger partial charge is 0.254 e. The van der Waals surface area contributed by atoms with Crippen molar-refractivity contribution in [1.82, 2.24) is 24.1 Å². The summed E-state index contributed by atoms with van der Waals surface area (Å²) in [5, 5.41) is 4.51. The molecule has 1 atom stereocenters. The van der Waals surface area contributed by atoms with Crippen LogP contribution in [0, 0.1) is 0 Å². The Morgan fingerprint density at radius 3 is 2.91 bits per heavy atom. The van der Waals surface area contributed by atoms with Gasteiger partial charge in [0.05, 0.1) is 23.8 Å². The highest BCUT2D eigenvalue weighted by Gasteiger charge is 2.25. The van der Waals surface area contributed by atoms with Crippen LogP contribution in [-0.2, 0) is 13.5 Å². The monoisotopic (exact) mass is 432 g/mol. The molecule has 3 aromatic heterocycles. The molecule has 1 saturated heterocycles. The first-order valence-corrected chi connectivity index (χ1v) is 11.1. The first-order chi connectivity index (χ1) is 15.5. The standard InChI is InChI=1S/C24H28N6O2/c1-4-20-18(13-17-8-5-9-26-30(17)20)23-27-19-11-15(12-21(32-3)22(19)28(23)2)24(31)29-10-6-7-16(25)14-29/h5,8-9,11-13,16H,4,6-7,10,14,25H2,1-3H3. The first kappa shape index (κ1) is 20.5. The van der Waals surface area contributed by atoms with Crippen molar-refractivity contribution in [3.63, 3.8) is 0 Å². The zero-order valence-corrected chi connectivity index (χ0v) is 18.7. The second kappa shape index (κ2) is 7.94. The molecular formula is C24H28N6O2. The lowest BCUT2D eigenvalue weighted by Crippen LogP contribution is -2.45. The maximum atomic E-state index is 13.2. The maximum Gasteiger partial charge on any atom is 0.254 e. The quantitative estimate of drug-likeness (QED) is 0.535. The van der Waals surface area contributed by atoms with Crippen LogP contribution < -0.4 is 10.5 Å². The Morgan fingerprint density at radius 2 is 2.16 bits per heavy atom. The van der Waals surface area contributed by atoms with Crippen LogP contribution in [-0.4, -0.2) is 56.2 Å². The Balaban J connectivity index is 1.64. The van der Waals surface area contributed by atoms with E-state index in [-0.39, 0.29) is 11.9 Å². The van der Waals surface area contributed by atoms with Gasteiger partial charge >= 0.3 is 0 Å². The number of carbonyl (C=O) groups is 1. The fourth-order valence-corrected chi connectivity index (χ4v) is 4.81. The van der Waals surface area contributed by atoms with Crippen molar-refractivity contribution < 1.29 is 9.53 Å². The van der Waals surface area contributed by atoms with Gasteiger partial charge in [-0.05, 0) is 49.6 Å². The number of benzene rings is 1. The lowest BCUT2D eigenvalue weighted by Gasteiger charge is -2.30. The molecule has 0 saturated carbocycles. The van der Waals surface area contributed by atoms with Gasteiger partial charge in [-0.2, -0.15) is 5.10 Å². The molecule has 5 rings (SSSR count). The number of aromatic nitrogens is 4. The minimum atomic E-state index is -0.0272. The van der Waals surface area contributed by atoms with Crippen LogP contribution in [0.1, 0.15) is 35.8 Å². The number of hydrogen-bond acceptors (Lipinski definition) is 5. The normalized spacial score (nSPS) is 16.8. The number of imidazole rings is 1. The molecular weight excluding hydrogens is 404 g/mol. The van der Waals surface area contributed by atoms with Gasteiger partial charge in [0, 0.05) is 43.5 Å². The molecule has 1 fully saturated rings. The average Bonchev–Trinajstić information content (AvgIpc) is 3.35. The highest BCUT2D eigenvalue weighted by Crippen LogP contribution is 2.34. The molecule has 1 aliphatic rings. The highest BCUT2D eigenvalue weighted by atomic mass is 16.5. The number of nitrogens with zero attached hydrogens (tertiary/aromatic N) is 5. The largest absolute Gasteiger partial charge is 0.494 e. The van der Waals surface area contributed by atoms with Gasteiger partial charge in [0.1, 0.15) is 17.1 Å². The Morgan fingerprint density at radius 1 is 1.31 bits per heavy atom. The second-order valence-corrected chi connectivity index (χ2v) is 8.41. The molecule has 166 valence electrons. The van der Waals surface area contributed by atoms with Crippen LogP contribution >= 0.6 is 0 Å².